The Bertz CT molecular complexity index is 866. The first kappa shape index (κ1) is 15.7. The van der Waals surface area contributed by atoms with E-state index in [1.807, 2.05) is 0 Å². The maximum Gasteiger partial charge on any atom is 0.258 e. The van der Waals surface area contributed by atoms with Crippen LogP contribution < -0.4 is 10.1 Å². The molecule has 0 saturated carbocycles. The molecule has 3 rings (SSSR count). The molecule has 0 unspecified atom stereocenters. The molecule has 0 saturated heterocycles. The van der Waals surface area contributed by atoms with E-state index < -0.39 is 11.7 Å². The quantitative estimate of drug-likeness (QED) is 0.765. The van der Waals surface area contributed by atoms with Gasteiger partial charge >= 0.3 is 0 Å². The standard InChI is InChI=1S/C19H15FN2O2/c1-13-5-6-18(20)17(11-13)19(23)22-14-3-2-4-16(12-14)24-15-7-9-21-10-8-15/h2-12H,1H3,(H,22,23). The highest BCUT2D eigenvalue weighted by atomic mass is 19.1. The van der Waals surface area contributed by atoms with Gasteiger partial charge in [0.15, 0.2) is 0 Å². The van der Waals surface area contributed by atoms with Gasteiger partial charge in [0.2, 0.25) is 0 Å². The molecule has 1 amide bonds. The molecule has 0 spiro atoms. The number of aryl methyl sites for hydroxylation is 1. The van der Waals surface area contributed by atoms with Crippen LogP contribution in [0.2, 0.25) is 0 Å². The third-order valence-corrected chi connectivity index (χ3v) is 3.34. The van der Waals surface area contributed by atoms with E-state index in [2.05, 4.69) is 10.3 Å². The van der Waals surface area contributed by atoms with Crippen molar-refractivity contribution in [1.82, 2.24) is 4.98 Å². The van der Waals surface area contributed by atoms with Gasteiger partial charge in [-0.05, 0) is 43.3 Å². The van der Waals surface area contributed by atoms with Crippen molar-refractivity contribution in [1.29, 1.82) is 0 Å². The number of rotatable bonds is 4. The number of hydrogen-bond donors (Lipinski definition) is 1. The van der Waals surface area contributed by atoms with Crippen LogP contribution in [0.15, 0.2) is 67.0 Å². The number of hydrogen-bond acceptors (Lipinski definition) is 3. The molecule has 3 aromatic rings. The van der Waals surface area contributed by atoms with Gasteiger partial charge < -0.3 is 10.1 Å². The predicted molar refractivity (Wildman–Crippen MR) is 89.8 cm³/mol. The van der Waals surface area contributed by atoms with Gasteiger partial charge in [-0.3, -0.25) is 9.78 Å². The number of nitrogens with one attached hydrogen (secondary N) is 1. The molecule has 1 N–H and O–H groups in total. The van der Waals surface area contributed by atoms with E-state index in [4.69, 9.17) is 4.74 Å². The smallest absolute Gasteiger partial charge is 0.258 e. The van der Waals surface area contributed by atoms with Crippen LogP contribution in [-0.2, 0) is 0 Å². The third kappa shape index (κ3) is 3.76. The second-order valence-electron chi connectivity index (χ2n) is 5.25. The summed E-state index contributed by atoms with van der Waals surface area (Å²) in [5, 5.41) is 2.68. The lowest BCUT2D eigenvalue weighted by molar-refractivity contribution is 0.102. The zero-order chi connectivity index (χ0) is 16.9. The van der Waals surface area contributed by atoms with Crippen LogP contribution in [0.3, 0.4) is 0 Å². The van der Waals surface area contributed by atoms with Gasteiger partial charge in [0.05, 0.1) is 5.56 Å². The second kappa shape index (κ2) is 6.91. The van der Waals surface area contributed by atoms with E-state index in [0.29, 0.717) is 17.2 Å². The first-order valence-electron chi connectivity index (χ1n) is 7.37. The molecule has 2 aromatic carbocycles. The second-order valence-corrected chi connectivity index (χ2v) is 5.25. The molecule has 0 fully saturated rings. The monoisotopic (exact) mass is 322 g/mol. The molecule has 0 radical (unpaired) electrons. The molecule has 0 bridgehead atoms. The third-order valence-electron chi connectivity index (χ3n) is 3.34. The summed E-state index contributed by atoms with van der Waals surface area (Å²) in [6, 6.07) is 14.8. The first-order valence-corrected chi connectivity index (χ1v) is 7.37. The van der Waals surface area contributed by atoms with Crippen LogP contribution in [-0.4, -0.2) is 10.9 Å². The summed E-state index contributed by atoms with van der Waals surface area (Å²) in [4.78, 5) is 16.2. The molecule has 0 atom stereocenters. The number of pyridine rings is 1. The lowest BCUT2D eigenvalue weighted by atomic mass is 10.1. The minimum atomic E-state index is -0.553. The van der Waals surface area contributed by atoms with Crippen molar-refractivity contribution < 1.29 is 13.9 Å². The maximum atomic E-state index is 13.8. The van der Waals surface area contributed by atoms with Crippen LogP contribution in [0, 0.1) is 12.7 Å². The van der Waals surface area contributed by atoms with Crippen molar-refractivity contribution in [2.75, 3.05) is 5.32 Å². The summed E-state index contributed by atoms with van der Waals surface area (Å²) in [6.45, 7) is 1.80. The highest BCUT2D eigenvalue weighted by Gasteiger charge is 2.12. The zero-order valence-electron chi connectivity index (χ0n) is 13.0. The topological polar surface area (TPSA) is 51.2 Å². The average molecular weight is 322 g/mol. The van der Waals surface area contributed by atoms with E-state index in [1.54, 1.807) is 61.8 Å². The summed E-state index contributed by atoms with van der Waals surface area (Å²) in [5.41, 5.74) is 1.35. The SMILES string of the molecule is Cc1ccc(F)c(C(=O)Nc2cccc(Oc3ccncc3)c2)c1. The minimum absolute atomic E-state index is 0.00968. The first-order chi connectivity index (χ1) is 11.6. The molecular formula is C19H15FN2O2. The van der Waals surface area contributed by atoms with Gasteiger partial charge in [0.1, 0.15) is 17.3 Å². The number of halogens is 1. The summed E-state index contributed by atoms with van der Waals surface area (Å²) in [7, 11) is 0. The fourth-order valence-electron chi connectivity index (χ4n) is 2.19. The normalized spacial score (nSPS) is 10.2. The van der Waals surface area contributed by atoms with Crippen LogP contribution in [0.25, 0.3) is 0 Å². The Balaban J connectivity index is 1.77. The highest BCUT2D eigenvalue weighted by Crippen LogP contribution is 2.24. The Morgan fingerprint density at radius 2 is 1.83 bits per heavy atom. The van der Waals surface area contributed by atoms with E-state index in [9.17, 15) is 9.18 Å². The highest BCUT2D eigenvalue weighted by molar-refractivity contribution is 6.04. The number of nitrogens with zero attached hydrogens (tertiary/aromatic N) is 1. The number of benzene rings is 2. The molecule has 1 heterocycles. The van der Waals surface area contributed by atoms with Crippen LogP contribution in [0.5, 0.6) is 11.5 Å². The number of anilines is 1. The van der Waals surface area contributed by atoms with Crippen LogP contribution >= 0.6 is 0 Å². The van der Waals surface area contributed by atoms with Gasteiger partial charge in [-0.1, -0.05) is 17.7 Å². The molecule has 4 nitrogen and oxygen atoms in total. The number of ether oxygens (including phenoxy) is 1. The van der Waals surface area contributed by atoms with Gasteiger partial charge in [-0.2, -0.15) is 0 Å². The lowest BCUT2D eigenvalue weighted by Gasteiger charge is -2.09. The summed E-state index contributed by atoms with van der Waals surface area (Å²) >= 11 is 0. The van der Waals surface area contributed by atoms with Crippen molar-refractivity contribution in [3.8, 4) is 11.5 Å². The van der Waals surface area contributed by atoms with E-state index in [0.717, 1.165) is 5.56 Å². The summed E-state index contributed by atoms with van der Waals surface area (Å²) < 4.78 is 19.5. The molecule has 1 aromatic heterocycles. The molecular weight excluding hydrogens is 307 g/mol. The van der Waals surface area contributed by atoms with E-state index in [1.165, 1.54) is 12.1 Å². The Kier molecular flexibility index (Phi) is 4.52. The Labute approximate surface area is 138 Å². The number of carbonyl (C=O) groups excluding carboxylic acids is 1. The predicted octanol–water partition coefficient (Wildman–Crippen LogP) is 4.57. The average Bonchev–Trinajstić information content (AvgIpc) is 2.58. The fourth-order valence-corrected chi connectivity index (χ4v) is 2.19. The Hall–Kier alpha value is -3.21. The Morgan fingerprint density at radius 3 is 2.62 bits per heavy atom. The molecule has 5 heteroatoms. The summed E-state index contributed by atoms with van der Waals surface area (Å²) in [5.74, 6) is 0.140. The van der Waals surface area contributed by atoms with E-state index >= 15 is 0 Å². The maximum absolute atomic E-state index is 13.8. The molecule has 0 aliphatic carbocycles. The van der Waals surface area contributed by atoms with Gasteiger partial charge in [-0.15, -0.1) is 0 Å². The van der Waals surface area contributed by atoms with Crippen LogP contribution in [0.1, 0.15) is 15.9 Å². The Morgan fingerprint density at radius 1 is 1.04 bits per heavy atom. The summed E-state index contributed by atoms with van der Waals surface area (Å²) in [6.07, 6.45) is 3.25. The lowest BCUT2D eigenvalue weighted by Crippen LogP contribution is -2.14. The van der Waals surface area contributed by atoms with Crippen molar-refractivity contribution >= 4 is 11.6 Å². The number of aromatic nitrogens is 1. The number of amides is 1. The van der Waals surface area contributed by atoms with Gasteiger partial charge in [0, 0.05) is 24.1 Å². The minimum Gasteiger partial charge on any atom is -0.457 e. The fraction of sp³-hybridized carbons (Fsp3) is 0.0526. The van der Waals surface area contributed by atoms with Crippen molar-refractivity contribution in [2.24, 2.45) is 0 Å². The zero-order valence-corrected chi connectivity index (χ0v) is 13.0. The largest absolute Gasteiger partial charge is 0.457 e. The molecule has 0 aliphatic rings. The number of carbonyl (C=O) groups is 1. The van der Waals surface area contributed by atoms with Gasteiger partial charge in [-0.25, -0.2) is 4.39 Å². The molecule has 0 aliphatic heterocycles. The van der Waals surface area contributed by atoms with Crippen LogP contribution in [0.4, 0.5) is 10.1 Å². The van der Waals surface area contributed by atoms with Gasteiger partial charge in [0.25, 0.3) is 5.91 Å². The molecule has 120 valence electrons. The van der Waals surface area contributed by atoms with Crippen molar-refractivity contribution in [3.05, 3.63) is 83.9 Å². The van der Waals surface area contributed by atoms with E-state index in [-0.39, 0.29) is 5.56 Å². The molecule has 24 heavy (non-hydrogen) atoms. The van der Waals surface area contributed by atoms with Crippen molar-refractivity contribution in [2.45, 2.75) is 6.92 Å². The van der Waals surface area contributed by atoms with Crippen molar-refractivity contribution in [3.63, 3.8) is 0 Å².